The van der Waals surface area contributed by atoms with E-state index in [0.717, 1.165) is 37.4 Å². The van der Waals surface area contributed by atoms with E-state index in [2.05, 4.69) is 17.1 Å². The number of nitro groups is 1. The molecule has 1 N–H and O–H groups in total. The van der Waals surface area contributed by atoms with Crippen LogP contribution >= 0.6 is 11.3 Å². The van der Waals surface area contributed by atoms with Crippen LogP contribution in [0.4, 0.5) is 5.00 Å². The van der Waals surface area contributed by atoms with Crippen molar-refractivity contribution in [2.24, 2.45) is 5.92 Å². The number of rotatable bonds is 6. The van der Waals surface area contributed by atoms with Crippen LogP contribution in [0.15, 0.2) is 12.1 Å². The minimum Gasteiger partial charge on any atom is -0.319 e. The molecular formula is C13H21N3O2S. The molecule has 1 saturated heterocycles. The Balaban J connectivity index is 2.21. The lowest BCUT2D eigenvalue weighted by Gasteiger charge is -2.26. The molecule has 5 nitrogen and oxygen atoms in total. The Bertz CT molecular complexity index is 421. The Morgan fingerprint density at radius 1 is 1.58 bits per heavy atom. The van der Waals surface area contributed by atoms with Crippen molar-refractivity contribution in [1.82, 2.24) is 10.2 Å². The average molecular weight is 283 g/mol. The minimum atomic E-state index is -0.291. The third-order valence-electron chi connectivity index (χ3n) is 3.69. The molecule has 1 fully saturated rings. The summed E-state index contributed by atoms with van der Waals surface area (Å²) >= 11 is 1.33. The van der Waals surface area contributed by atoms with Crippen molar-refractivity contribution in [2.75, 3.05) is 26.7 Å². The summed E-state index contributed by atoms with van der Waals surface area (Å²) in [6.07, 6.45) is 2.29. The van der Waals surface area contributed by atoms with E-state index in [1.807, 2.05) is 13.1 Å². The molecule has 2 heterocycles. The molecule has 19 heavy (non-hydrogen) atoms. The normalized spacial score (nSPS) is 23.9. The summed E-state index contributed by atoms with van der Waals surface area (Å²) in [5.41, 5.74) is 0. The van der Waals surface area contributed by atoms with Crippen molar-refractivity contribution in [3.8, 4) is 0 Å². The molecule has 1 aliphatic rings. The fourth-order valence-electron chi connectivity index (χ4n) is 2.95. The third kappa shape index (κ3) is 3.13. The summed E-state index contributed by atoms with van der Waals surface area (Å²) in [7, 11) is 1.97. The molecule has 1 aromatic heterocycles. The maximum atomic E-state index is 10.8. The smallest absolute Gasteiger partial charge is 0.319 e. The Morgan fingerprint density at radius 2 is 2.37 bits per heavy atom. The van der Waals surface area contributed by atoms with Crippen molar-refractivity contribution in [2.45, 2.75) is 25.8 Å². The molecular weight excluding hydrogens is 262 g/mol. The van der Waals surface area contributed by atoms with E-state index in [0.29, 0.717) is 12.0 Å². The first-order valence-electron chi connectivity index (χ1n) is 6.80. The molecule has 0 radical (unpaired) electrons. The van der Waals surface area contributed by atoms with Crippen LogP contribution in [0, 0.1) is 16.0 Å². The highest BCUT2D eigenvalue weighted by atomic mass is 32.1. The SMILES string of the molecule is CCCN1CCC(CNC)C1c1ccc([N+](=O)[O-])s1. The Hall–Kier alpha value is -0.980. The van der Waals surface area contributed by atoms with Crippen LogP contribution in [0.25, 0.3) is 0 Å². The van der Waals surface area contributed by atoms with Gasteiger partial charge in [-0.1, -0.05) is 18.3 Å². The van der Waals surface area contributed by atoms with E-state index in [-0.39, 0.29) is 9.92 Å². The molecule has 6 heteroatoms. The molecule has 1 aromatic rings. The lowest BCUT2D eigenvalue weighted by molar-refractivity contribution is -0.380. The number of nitrogens with one attached hydrogen (secondary N) is 1. The highest BCUT2D eigenvalue weighted by Crippen LogP contribution is 2.41. The molecule has 0 aromatic carbocycles. The van der Waals surface area contributed by atoms with Gasteiger partial charge in [0.25, 0.3) is 0 Å². The van der Waals surface area contributed by atoms with E-state index in [9.17, 15) is 10.1 Å². The van der Waals surface area contributed by atoms with Gasteiger partial charge in [0.15, 0.2) is 0 Å². The monoisotopic (exact) mass is 283 g/mol. The van der Waals surface area contributed by atoms with Gasteiger partial charge < -0.3 is 5.32 Å². The number of hydrogen-bond acceptors (Lipinski definition) is 5. The van der Waals surface area contributed by atoms with Crippen molar-refractivity contribution in [3.63, 3.8) is 0 Å². The summed E-state index contributed by atoms with van der Waals surface area (Å²) < 4.78 is 0. The van der Waals surface area contributed by atoms with Gasteiger partial charge in [0.05, 0.1) is 4.92 Å². The van der Waals surface area contributed by atoms with Gasteiger partial charge in [-0.15, -0.1) is 0 Å². The summed E-state index contributed by atoms with van der Waals surface area (Å²) in [5.74, 6) is 0.551. The average Bonchev–Trinajstić information content (AvgIpc) is 2.97. The Morgan fingerprint density at radius 3 is 2.95 bits per heavy atom. The molecule has 0 saturated carbocycles. The molecule has 1 aliphatic heterocycles. The molecule has 106 valence electrons. The number of hydrogen-bond donors (Lipinski definition) is 1. The predicted molar refractivity (Wildman–Crippen MR) is 77.6 cm³/mol. The largest absolute Gasteiger partial charge is 0.324 e. The van der Waals surface area contributed by atoms with Gasteiger partial charge in [-0.25, -0.2) is 0 Å². The van der Waals surface area contributed by atoms with Crippen LogP contribution in [0.5, 0.6) is 0 Å². The summed E-state index contributed by atoms with van der Waals surface area (Å²) in [5, 5.41) is 14.3. The van der Waals surface area contributed by atoms with Crippen LogP contribution in [-0.4, -0.2) is 36.5 Å². The Kier molecular flexibility index (Phi) is 4.90. The van der Waals surface area contributed by atoms with Crippen molar-refractivity contribution in [1.29, 1.82) is 0 Å². The number of likely N-dealkylation sites (tertiary alicyclic amines) is 1. The predicted octanol–water partition coefficient (Wildman–Crippen LogP) is 2.65. The van der Waals surface area contributed by atoms with E-state index in [4.69, 9.17) is 0 Å². The second-order valence-electron chi connectivity index (χ2n) is 5.02. The minimum absolute atomic E-state index is 0.251. The third-order valence-corrected chi connectivity index (χ3v) is 4.80. The lowest BCUT2D eigenvalue weighted by Crippen LogP contribution is -2.29. The van der Waals surface area contributed by atoms with Crippen LogP contribution in [0.2, 0.25) is 0 Å². The maximum Gasteiger partial charge on any atom is 0.324 e. The molecule has 0 aliphatic carbocycles. The molecule has 2 rings (SSSR count). The second-order valence-corrected chi connectivity index (χ2v) is 6.11. The summed E-state index contributed by atoms with van der Waals surface area (Å²) in [6.45, 7) is 5.31. The van der Waals surface area contributed by atoms with Gasteiger partial charge in [-0.3, -0.25) is 15.0 Å². The van der Waals surface area contributed by atoms with Gasteiger partial charge in [0, 0.05) is 17.0 Å². The van der Waals surface area contributed by atoms with E-state index in [1.54, 1.807) is 6.07 Å². The maximum absolute atomic E-state index is 10.8. The first kappa shape index (κ1) is 14.4. The van der Waals surface area contributed by atoms with Crippen LogP contribution < -0.4 is 5.32 Å². The second kappa shape index (κ2) is 6.45. The first-order chi connectivity index (χ1) is 9.17. The van der Waals surface area contributed by atoms with Gasteiger partial charge >= 0.3 is 5.00 Å². The molecule has 2 atom stereocenters. The Labute approximate surface area is 117 Å². The molecule has 0 spiro atoms. The molecule has 0 amide bonds. The van der Waals surface area contributed by atoms with Gasteiger partial charge in [-0.2, -0.15) is 0 Å². The van der Waals surface area contributed by atoms with Crippen LogP contribution in [0.3, 0.4) is 0 Å². The van der Waals surface area contributed by atoms with Gasteiger partial charge in [0.2, 0.25) is 0 Å². The zero-order valence-electron chi connectivity index (χ0n) is 11.5. The quantitative estimate of drug-likeness (QED) is 0.644. The van der Waals surface area contributed by atoms with Gasteiger partial charge in [0.1, 0.15) is 0 Å². The van der Waals surface area contributed by atoms with Crippen molar-refractivity contribution < 1.29 is 4.92 Å². The van der Waals surface area contributed by atoms with E-state index in [1.165, 1.54) is 11.3 Å². The van der Waals surface area contributed by atoms with Crippen molar-refractivity contribution in [3.05, 3.63) is 27.1 Å². The fourth-order valence-corrected chi connectivity index (χ4v) is 4.00. The van der Waals surface area contributed by atoms with Crippen LogP contribution in [-0.2, 0) is 0 Å². The standard InChI is InChI=1S/C13H21N3O2S/c1-3-7-15-8-6-10(9-14-2)13(15)11-4-5-12(19-11)16(17)18/h4-5,10,13-14H,3,6-9H2,1-2H3. The van der Waals surface area contributed by atoms with E-state index < -0.39 is 0 Å². The van der Waals surface area contributed by atoms with Crippen LogP contribution in [0.1, 0.15) is 30.7 Å². The molecule has 0 bridgehead atoms. The van der Waals surface area contributed by atoms with Crippen molar-refractivity contribution >= 4 is 16.3 Å². The molecule has 2 unspecified atom stereocenters. The topological polar surface area (TPSA) is 58.4 Å². The number of thiophene rings is 1. The zero-order valence-corrected chi connectivity index (χ0v) is 12.3. The summed E-state index contributed by atoms with van der Waals surface area (Å²) in [4.78, 5) is 14.1. The van der Waals surface area contributed by atoms with Gasteiger partial charge in [-0.05, 0) is 51.5 Å². The highest BCUT2D eigenvalue weighted by Gasteiger charge is 2.35. The number of nitrogens with zero attached hydrogens (tertiary/aromatic N) is 2. The fraction of sp³-hybridized carbons (Fsp3) is 0.692. The highest BCUT2D eigenvalue weighted by molar-refractivity contribution is 7.15. The van der Waals surface area contributed by atoms with E-state index >= 15 is 0 Å². The summed E-state index contributed by atoms with van der Waals surface area (Å²) in [6, 6.07) is 3.91. The zero-order chi connectivity index (χ0) is 13.8. The lowest BCUT2D eigenvalue weighted by atomic mass is 9.99. The first-order valence-corrected chi connectivity index (χ1v) is 7.61.